The molecule has 2 aromatic carbocycles. The number of carbonyl (C=O) groups is 1. The van der Waals surface area contributed by atoms with Crippen molar-refractivity contribution in [2.45, 2.75) is 25.2 Å². The zero-order valence-corrected chi connectivity index (χ0v) is 15.5. The minimum Gasteiger partial charge on any atom is -0.481 e. The van der Waals surface area contributed by atoms with Gasteiger partial charge in [-0.25, -0.2) is 4.79 Å². The molecule has 0 aliphatic heterocycles. The SMILES string of the molecule is CCCSc1ccc(C)c(C#Cc2cc(C#N)ccc2OCC(=O)O)c1. The summed E-state index contributed by atoms with van der Waals surface area (Å²) >= 11 is 1.78. The summed E-state index contributed by atoms with van der Waals surface area (Å²) in [6, 6.07) is 13.0. The molecule has 0 aliphatic carbocycles. The van der Waals surface area contributed by atoms with E-state index in [1.165, 1.54) is 0 Å². The maximum absolute atomic E-state index is 10.7. The van der Waals surface area contributed by atoms with Gasteiger partial charge < -0.3 is 9.84 Å². The molecule has 0 spiro atoms. The van der Waals surface area contributed by atoms with Crippen LogP contribution in [0, 0.1) is 30.1 Å². The van der Waals surface area contributed by atoms with Crippen molar-refractivity contribution in [1.82, 2.24) is 0 Å². The Balaban J connectivity index is 2.36. The number of carboxylic acids is 1. The molecule has 0 saturated carbocycles. The number of ether oxygens (including phenoxy) is 1. The van der Waals surface area contributed by atoms with Crippen LogP contribution in [-0.2, 0) is 4.79 Å². The van der Waals surface area contributed by atoms with Gasteiger partial charge in [0.1, 0.15) is 5.75 Å². The second-order valence-electron chi connectivity index (χ2n) is 5.58. The maximum atomic E-state index is 10.7. The average Bonchev–Trinajstić information content (AvgIpc) is 2.64. The van der Waals surface area contributed by atoms with Gasteiger partial charge in [-0.05, 0) is 55.0 Å². The quantitative estimate of drug-likeness (QED) is 0.613. The normalized spacial score (nSPS) is 9.73. The predicted octanol–water partition coefficient (Wildman–Crippen LogP) is 4.23. The number of thioether (sulfide) groups is 1. The van der Waals surface area contributed by atoms with Crippen LogP contribution in [0.5, 0.6) is 5.75 Å². The van der Waals surface area contributed by atoms with Gasteiger partial charge in [-0.3, -0.25) is 0 Å². The molecule has 1 N–H and O–H groups in total. The second kappa shape index (κ2) is 9.56. The van der Waals surface area contributed by atoms with E-state index in [1.807, 2.05) is 13.0 Å². The number of rotatable bonds is 6. The molecule has 0 amide bonds. The highest BCUT2D eigenvalue weighted by Gasteiger charge is 2.06. The molecule has 26 heavy (non-hydrogen) atoms. The lowest BCUT2D eigenvalue weighted by molar-refractivity contribution is -0.139. The van der Waals surface area contributed by atoms with Gasteiger partial charge in [0.05, 0.1) is 17.2 Å². The minimum atomic E-state index is -1.07. The van der Waals surface area contributed by atoms with Crippen LogP contribution < -0.4 is 4.74 Å². The lowest BCUT2D eigenvalue weighted by Gasteiger charge is -2.06. The third-order valence-corrected chi connectivity index (χ3v) is 4.67. The van der Waals surface area contributed by atoms with Crippen molar-refractivity contribution in [3.05, 3.63) is 58.7 Å². The number of aryl methyl sites for hydroxylation is 1. The van der Waals surface area contributed by atoms with Gasteiger partial charge in [-0.1, -0.05) is 24.8 Å². The first-order valence-electron chi connectivity index (χ1n) is 8.17. The Bertz CT molecular complexity index is 904. The van der Waals surface area contributed by atoms with Gasteiger partial charge in [0.2, 0.25) is 0 Å². The Kier molecular flexibility index (Phi) is 7.14. The molecule has 2 rings (SSSR count). The number of nitrogens with zero attached hydrogens (tertiary/aromatic N) is 1. The van der Waals surface area contributed by atoms with Crippen molar-refractivity contribution in [1.29, 1.82) is 5.26 Å². The van der Waals surface area contributed by atoms with Crippen molar-refractivity contribution in [2.24, 2.45) is 0 Å². The summed E-state index contributed by atoms with van der Waals surface area (Å²) in [5, 5.41) is 17.9. The van der Waals surface area contributed by atoms with E-state index in [0.29, 0.717) is 16.9 Å². The number of benzene rings is 2. The van der Waals surface area contributed by atoms with Gasteiger partial charge in [0, 0.05) is 10.5 Å². The molecule has 0 fully saturated rings. The second-order valence-corrected chi connectivity index (χ2v) is 6.75. The molecule has 2 aromatic rings. The summed E-state index contributed by atoms with van der Waals surface area (Å²) in [6.45, 7) is 3.68. The molecule has 0 aliphatic rings. The summed E-state index contributed by atoms with van der Waals surface area (Å²) in [4.78, 5) is 11.9. The molecule has 0 aromatic heterocycles. The number of aliphatic carboxylic acids is 1. The van der Waals surface area contributed by atoms with Crippen LogP contribution in [0.3, 0.4) is 0 Å². The molecule has 132 valence electrons. The first-order valence-corrected chi connectivity index (χ1v) is 9.16. The molecule has 0 unspecified atom stereocenters. The van der Waals surface area contributed by atoms with E-state index in [0.717, 1.165) is 28.2 Å². The highest BCUT2D eigenvalue weighted by Crippen LogP contribution is 2.23. The van der Waals surface area contributed by atoms with E-state index in [2.05, 4.69) is 37.0 Å². The zero-order chi connectivity index (χ0) is 18.9. The Morgan fingerprint density at radius 1 is 1.19 bits per heavy atom. The summed E-state index contributed by atoms with van der Waals surface area (Å²) < 4.78 is 5.28. The molecule has 5 heteroatoms. The fourth-order valence-electron chi connectivity index (χ4n) is 2.14. The van der Waals surface area contributed by atoms with Crippen LogP contribution in [0.2, 0.25) is 0 Å². The smallest absolute Gasteiger partial charge is 0.341 e. The van der Waals surface area contributed by atoms with Crippen molar-refractivity contribution < 1.29 is 14.6 Å². The van der Waals surface area contributed by atoms with Crippen LogP contribution in [0.4, 0.5) is 0 Å². The van der Waals surface area contributed by atoms with Gasteiger partial charge in [-0.2, -0.15) is 5.26 Å². The van der Waals surface area contributed by atoms with E-state index in [1.54, 1.807) is 30.0 Å². The number of hydrogen-bond acceptors (Lipinski definition) is 4. The zero-order valence-electron chi connectivity index (χ0n) is 14.7. The largest absolute Gasteiger partial charge is 0.481 e. The van der Waals surface area contributed by atoms with Crippen molar-refractivity contribution in [3.63, 3.8) is 0 Å². The highest BCUT2D eigenvalue weighted by atomic mass is 32.2. The first kappa shape index (κ1) is 19.4. The van der Waals surface area contributed by atoms with Crippen LogP contribution in [0.25, 0.3) is 0 Å². The van der Waals surface area contributed by atoms with Crippen LogP contribution in [0.15, 0.2) is 41.3 Å². The molecule has 0 atom stereocenters. The highest BCUT2D eigenvalue weighted by molar-refractivity contribution is 7.99. The summed E-state index contributed by atoms with van der Waals surface area (Å²) in [5.41, 5.74) is 2.90. The van der Waals surface area contributed by atoms with E-state index in [-0.39, 0.29) is 0 Å². The third kappa shape index (κ3) is 5.58. The molecular formula is C21H19NO3S. The topological polar surface area (TPSA) is 70.3 Å². The third-order valence-electron chi connectivity index (χ3n) is 3.47. The molecule has 0 bridgehead atoms. The molecular weight excluding hydrogens is 346 g/mol. The predicted molar refractivity (Wildman–Crippen MR) is 102 cm³/mol. The molecule has 0 saturated heterocycles. The van der Waals surface area contributed by atoms with E-state index in [4.69, 9.17) is 15.1 Å². The van der Waals surface area contributed by atoms with Crippen LogP contribution in [-0.4, -0.2) is 23.4 Å². The van der Waals surface area contributed by atoms with Crippen molar-refractivity contribution in [3.8, 4) is 23.7 Å². The standard InChI is InChI=1S/C21H19NO3S/c1-3-10-26-19-8-4-15(2)17(12-19)6-7-18-11-16(13-22)5-9-20(18)25-14-21(23)24/h4-5,8-9,11-12H,3,10,14H2,1-2H3,(H,23,24). The Morgan fingerprint density at radius 3 is 2.65 bits per heavy atom. The van der Waals surface area contributed by atoms with Crippen LogP contribution in [0.1, 0.15) is 35.6 Å². The summed E-state index contributed by atoms with van der Waals surface area (Å²) in [5.74, 6) is 6.49. The number of carboxylic acid groups (broad SMARTS) is 1. The number of nitriles is 1. The molecule has 4 nitrogen and oxygen atoms in total. The fraction of sp³-hybridized carbons (Fsp3) is 0.238. The van der Waals surface area contributed by atoms with E-state index < -0.39 is 12.6 Å². The maximum Gasteiger partial charge on any atom is 0.341 e. The summed E-state index contributed by atoms with van der Waals surface area (Å²) in [7, 11) is 0. The van der Waals surface area contributed by atoms with Gasteiger partial charge in [0.15, 0.2) is 6.61 Å². The fourth-order valence-corrected chi connectivity index (χ4v) is 2.95. The van der Waals surface area contributed by atoms with E-state index >= 15 is 0 Å². The van der Waals surface area contributed by atoms with Gasteiger partial charge >= 0.3 is 5.97 Å². The molecule has 0 radical (unpaired) electrons. The average molecular weight is 365 g/mol. The molecule has 0 heterocycles. The van der Waals surface area contributed by atoms with E-state index in [9.17, 15) is 4.79 Å². The number of hydrogen-bond donors (Lipinski definition) is 1. The van der Waals surface area contributed by atoms with Gasteiger partial charge in [-0.15, -0.1) is 11.8 Å². The van der Waals surface area contributed by atoms with Crippen molar-refractivity contribution in [2.75, 3.05) is 12.4 Å². The Hall–Kier alpha value is -2.89. The van der Waals surface area contributed by atoms with Crippen molar-refractivity contribution >= 4 is 17.7 Å². The summed E-state index contributed by atoms with van der Waals surface area (Å²) in [6.07, 6.45) is 1.10. The lowest BCUT2D eigenvalue weighted by Crippen LogP contribution is -2.10. The van der Waals surface area contributed by atoms with Gasteiger partial charge in [0.25, 0.3) is 0 Å². The Morgan fingerprint density at radius 2 is 1.96 bits per heavy atom. The Labute approximate surface area is 157 Å². The lowest BCUT2D eigenvalue weighted by atomic mass is 10.1. The minimum absolute atomic E-state index is 0.355. The first-order chi connectivity index (χ1) is 12.5. The monoisotopic (exact) mass is 365 g/mol. The van der Waals surface area contributed by atoms with Crippen LogP contribution >= 0.6 is 11.8 Å².